The number of carboxylic acid groups (broad SMARTS) is 2. The quantitative estimate of drug-likeness (QED) is 0.704. The predicted octanol–water partition coefficient (Wildman–Crippen LogP) is 0.282. The van der Waals surface area contributed by atoms with E-state index in [1.165, 1.54) is 0 Å². The first-order chi connectivity index (χ1) is 8.09. The number of hydrogen-bond donors (Lipinski definition) is 3. The average molecular weight is 236 g/mol. The van der Waals surface area contributed by atoms with E-state index in [9.17, 15) is 9.59 Å². The summed E-state index contributed by atoms with van der Waals surface area (Å²) in [6.07, 6.45) is -2.95. The highest BCUT2D eigenvalue weighted by Crippen LogP contribution is 2.13. The van der Waals surface area contributed by atoms with Crippen molar-refractivity contribution in [1.29, 1.82) is 0 Å². The second-order valence-electron chi connectivity index (χ2n) is 3.21. The molecule has 1 atom stereocenters. The first-order valence-electron chi connectivity index (χ1n) is 4.62. The lowest BCUT2D eigenvalue weighted by molar-refractivity contribution is -0.142. The van der Waals surface area contributed by atoms with Gasteiger partial charge in [-0.25, -0.2) is 14.3 Å². The summed E-state index contributed by atoms with van der Waals surface area (Å²) in [4.78, 5) is 21.5. The lowest BCUT2D eigenvalue weighted by Crippen LogP contribution is -2.37. The second kappa shape index (κ2) is 4.08. The van der Waals surface area contributed by atoms with Crippen LogP contribution >= 0.6 is 0 Å². The first kappa shape index (κ1) is 10.9. The number of aromatic nitrogens is 3. The van der Waals surface area contributed by atoms with Gasteiger partial charge in [-0.1, -0.05) is 17.3 Å². The maximum Gasteiger partial charge on any atom is 0.406 e. The van der Waals surface area contributed by atoms with Crippen LogP contribution in [0.15, 0.2) is 24.3 Å². The highest BCUT2D eigenvalue weighted by atomic mass is 16.4. The maximum absolute atomic E-state index is 11.0. The minimum absolute atomic E-state index is 0.439. The summed E-state index contributed by atoms with van der Waals surface area (Å²) in [5.41, 5.74) is 0.930. The molecule has 0 saturated carbocycles. The molecule has 0 radical (unpaired) electrons. The molecule has 0 aliphatic heterocycles. The molecule has 8 heteroatoms. The molecular weight excluding hydrogens is 228 g/mol. The minimum Gasteiger partial charge on any atom is -0.478 e. The zero-order valence-electron chi connectivity index (χ0n) is 8.44. The first-order valence-corrected chi connectivity index (χ1v) is 4.62. The second-order valence-corrected chi connectivity index (χ2v) is 3.21. The Labute approximate surface area is 94.5 Å². The molecule has 1 amide bonds. The van der Waals surface area contributed by atoms with Gasteiger partial charge in [0.15, 0.2) is 0 Å². The molecule has 0 fully saturated rings. The van der Waals surface area contributed by atoms with Gasteiger partial charge in [0.1, 0.15) is 5.52 Å². The van der Waals surface area contributed by atoms with Gasteiger partial charge in [0.25, 0.3) is 0 Å². The van der Waals surface area contributed by atoms with Gasteiger partial charge in [0.2, 0.25) is 6.17 Å². The van der Waals surface area contributed by atoms with Crippen LogP contribution in [0.25, 0.3) is 11.0 Å². The molecule has 0 aliphatic rings. The van der Waals surface area contributed by atoms with Crippen molar-refractivity contribution in [3.05, 3.63) is 24.3 Å². The van der Waals surface area contributed by atoms with E-state index in [1.807, 2.05) is 5.32 Å². The number of para-hydroxylation sites is 1. The van der Waals surface area contributed by atoms with Crippen molar-refractivity contribution in [2.24, 2.45) is 0 Å². The van der Waals surface area contributed by atoms with Crippen molar-refractivity contribution < 1.29 is 19.8 Å². The Balaban J connectivity index is 2.48. The molecule has 88 valence electrons. The highest BCUT2D eigenvalue weighted by molar-refractivity contribution is 5.81. The van der Waals surface area contributed by atoms with Gasteiger partial charge >= 0.3 is 12.1 Å². The lowest BCUT2D eigenvalue weighted by Gasteiger charge is -2.12. The van der Waals surface area contributed by atoms with Crippen LogP contribution in [0.5, 0.6) is 0 Å². The smallest absolute Gasteiger partial charge is 0.406 e. The number of nitrogens with zero attached hydrogens (tertiary/aromatic N) is 3. The van der Waals surface area contributed by atoms with E-state index in [1.54, 1.807) is 24.3 Å². The predicted molar refractivity (Wildman–Crippen MR) is 55.4 cm³/mol. The summed E-state index contributed by atoms with van der Waals surface area (Å²) in [5, 5.41) is 26.7. The fourth-order valence-corrected chi connectivity index (χ4v) is 1.42. The molecule has 3 N–H and O–H groups in total. The summed E-state index contributed by atoms with van der Waals surface area (Å²) >= 11 is 0. The Kier molecular flexibility index (Phi) is 2.61. The molecular formula is C9H8N4O4. The van der Waals surface area contributed by atoms with Crippen LogP contribution in [0, 0.1) is 0 Å². The average Bonchev–Trinajstić information content (AvgIpc) is 2.69. The van der Waals surface area contributed by atoms with Gasteiger partial charge in [0.05, 0.1) is 5.52 Å². The molecule has 2 rings (SSSR count). The molecule has 0 aliphatic carbocycles. The highest BCUT2D eigenvalue weighted by Gasteiger charge is 2.24. The Morgan fingerprint density at radius 2 is 2.00 bits per heavy atom. The summed E-state index contributed by atoms with van der Waals surface area (Å²) in [5.74, 6) is -1.36. The van der Waals surface area contributed by atoms with Crippen LogP contribution in [0.4, 0.5) is 4.79 Å². The standard InChI is InChI=1S/C9H8N4O4/c14-8(15)7(10-9(16)17)13-6-4-2-1-3-5(6)11-12-13/h1-4,7,10H,(H,14,15)(H,16,17). The van der Waals surface area contributed by atoms with E-state index in [4.69, 9.17) is 10.2 Å². The Morgan fingerprint density at radius 1 is 1.29 bits per heavy atom. The number of nitrogens with one attached hydrogen (secondary N) is 1. The number of carboxylic acids is 1. The summed E-state index contributed by atoms with van der Waals surface area (Å²) in [6.45, 7) is 0. The van der Waals surface area contributed by atoms with E-state index in [2.05, 4.69) is 10.3 Å². The Morgan fingerprint density at radius 3 is 2.65 bits per heavy atom. The molecule has 1 unspecified atom stereocenters. The molecule has 2 aromatic rings. The third-order valence-corrected chi connectivity index (χ3v) is 2.12. The normalized spacial score (nSPS) is 12.2. The van der Waals surface area contributed by atoms with Crippen LogP contribution in [0.2, 0.25) is 0 Å². The van der Waals surface area contributed by atoms with Crippen LogP contribution in [-0.4, -0.2) is 37.3 Å². The van der Waals surface area contributed by atoms with E-state index in [0.717, 1.165) is 4.68 Å². The van der Waals surface area contributed by atoms with Crippen LogP contribution in [0.3, 0.4) is 0 Å². The SMILES string of the molecule is O=C(O)NC(C(=O)O)n1nnc2ccccc21. The van der Waals surface area contributed by atoms with Crippen LogP contribution in [-0.2, 0) is 4.79 Å². The van der Waals surface area contributed by atoms with Crippen molar-refractivity contribution in [3.8, 4) is 0 Å². The van der Waals surface area contributed by atoms with Crippen molar-refractivity contribution in [2.45, 2.75) is 6.17 Å². The minimum atomic E-state index is -1.50. The molecule has 1 heterocycles. The molecule has 17 heavy (non-hydrogen) atoms. The number of carbonyl (C=O) groups is 2. The molecule has 1 aromatic heterocycles. The van der Waals surface area contributed by atoms with Crippen molar-refractivity contribution in [1.82, 2.24) is 20.3 Å². The van der Waals surface area contributed by atoms with Crippen LogP contribution in [0.1, 0.15) is 6.17 Å². The number of fused-ring (bicyclic) bond motifs is 1. The van der Waals surface area contributed by atoms with Gasteiger partial charge in [0, 0.05) is 0 Å². The summed E-state index contributed by atoms with van der Waals surface area (Å²) in [6, 6.07) is 6.66. The zero-order valence-corrected chi connectivity index (χ0v) is 8.44. The fourth-order valence-electron chi connectivity index (χ4n) is 1.42. The van der Waals surface area contributed by atoms with Crippen molar-refractivity contribution in [3.63, 3.8) is 0 Å². The third kappa shape index (κ3) is 2.00. The molecule has 0 bridgehead atoms. The van der Waals surface area contributed by atoms with Crippen LogP contribution < -0.4 is 5.32 Å². The van der Waals surface area contributed by atoms with E-state index >= 15 is 0 Å². The third-order valence-electron chi connectivity index (χ3n) is 2.12. The number of benzene rings is 1. The maximum atomic E-state index is 11.0. The largest absolute Gasteiger partial charge is 0.478 e. The molecule has 0 saturated heterocycles. The lowest BCUT2D eigenvalue weighted by atomic mass is 10.3. The Hall–Kier alpha value is -2.64. The van der Waals surface area contributed by atoms with Gasteiger partial charge < -0.3 is 10.2 Å². The molecule has 8 nitrogen and oxygen atoms in total. The van der Waals surface area contributed by atoms with E-state index < -0.39 is 18.2 Å². The fraction of sp³-hybridized carbons (Fsp3) is 0.111. The van der Waals surface area contributed by atoms with E-state index in [0.29, 0.717) is 11.0 Å². The van der Waals surface area contributed by atoms with Gasteiger partial charge in [-0.05, 0) is 12.1 Å². The summed E-state index contributed by atoms with van der Waals surface area (Å²) in [7, 11) is 0. The topological polar surface area (TPSA) is 117 Å². The van der Waals surface area contributed by atoms with Gasteiger partial charge in [-0.2, -0.15) is 0 Å². The monoisotopic (exact) mass is 236 g/mol. The number of rotatable bonds is 3. The van der Waals surface area contributed by atoms with Gasteiger partial charge in [-0.3, -0.25) is 5.32 Å². The number of aliphatic carboxylic acids is 1. The molecule has 1 aromatic carbocycles. The zero-order chi connectivity index (χ0) is 12.4. The van der Waals surface area contributed by atoms with Crippen molar-refractivity contribution in [2.75, 3.05) is 0 Å². The van der Waals surface area contributed by atoms with Gasteiger partial charge in [-0.15, -0.1) is 5.10 Å². The number of amides is 1. The van der Waals surface area contributed by atoms with E-state index in [-0.39, 0.29) is 0 Å². The Bertz CT molecular complexity index is 579. The van der Waals surface area contributed by atoms with Crippen molar-refractivity contribution >= 4 is 23.1 Å². The molecule has 0 spiro atoms. The summed E-state index contributed by atoms with van der Waals surface area (Å²) < 4.78 is 1.01. The number of hydrogen-bond acceptors (Lipinski definition) is 4.